The van der Waals surface area contributed by atoms with Gasteiger partial charge < -0.3 is 5.73 Å². The van der Waals surface area contributed by atoms with Crippen LogP contribution in [0.5, 0.6) is 0 Å². The van der Waals surface area contributed by atoms with Crippen molar-refractivity contribution < 1.29 is 0 Å². The van der Waals surface area contributed by atoms with Crippen LogP contribution in [0.1, 0.15) is 93.4 Å². The van der Waals surface area contributed by atoms with Crippen molar-refractivity contribution in [2.24, 2.45) is 11.7 Å². The van der Waals surface area contributed by atoms with Gasteiger partial charge in [0.05, 0.1) is 0 Å². The number of unbranched alkanes of at least 4 members (excludes halogenated alkanes) is 3. The second-order valence-corrected chi connectivity index (χ2v) is 7.66. The van der Waals surface area contributed by atoms with E-state index in [1.165, 1.54) is 75.3 Å². The van der Waals surface area contributed by atoms with Crippen molar-refractivity contribution in [1.29, 1.82) is 0 Å². The Morgan fingerprint density at radius 3 is 2.61 bits per heavy atom. The van der Waals surface area contributed by atoms with Crippen LogP contribution >= 0.6 is 0 Å². The molecule has 0 spiro atoms. The van der Waals surface area contributed by atoms with E-state index in [1.54, 1.807) is 11.1 Å². The molecule has 0 aliphatic heterocycles. The second-order valence-electron chi connectivity index (χ2n) is 7.66. The molecule has 0 heterocycles. The van der Waals surface area contributed by atoms with Gasteiger partial charge in [-0.25, -0.2) is 0 Å². The quantitative estimate of drug-likeness (QED) is 0.563. The Kier molecular flexibility index (Phi) is 7.62. The van der Waals surface area contributed by atoms with E-state index in [9.17, 15) is 0 Å². The third kappa shape index (κ3) is 5.08. The van der Waals surface area contributed by atoms with Crippen molar-refractivity contribution in [2.45, 2.75) is 90.9 Å². The van der Waals surface area contributed by atoms with E-state index in [4.69, 9.17) is 5.73 Å². The van der Waals surface area contributed by atoms with Crippen LogP contribution in [0.3, 0.4) is 0 Å². The SMILES string of the molecule is CCCCCC[C@H]1CCc2cc(C(CN)CCC)c(C)cc2C1. The number of benzene rings is 1. The fraction of sp³-hybridized carbons (Fsp3) is 0.727. The Labute approximate surface area is 144 Å². The molecule has 0 saturated carbocycles. The summed E-state index contributed by atoms with van der Waals surface area (Å²) in [5.41, 5.74) is 12.3. The molecule has 0 amide bonds. The zero-order chi connectivity index (χ0) is 16.7. The summed E-state index contributed by atoms with van der Waals surface area (Å²) >= 11 is 0. The first-order valence-electron chi connectivity index (χ1n) is 10.0. The molecule has 0 saturated heterocycles. The van der Waals surface area contributed by atoms with E-state index in [1.807, 2.05) is 0 Å². The fourth-order valence-electron chi connectivity index (χ4n) is 4.32. The van der Waals surface area contributed by atoms with Crippen molar-refractivity contribution in [3.8, 4) is 0 Å². The lowest BCUT2D eigenvalue weighted by molar-refractivity contribution is 0.405. The lowest BCUT2D eigenvalue weighted by Crippen LogP contribution is -2.18. The highest BCUT2D eigenvalue weighted by atomic mass is 14.5. The molecule has 0 bridgehead atoms. The summed E-state index contributed by atoms with van der Waals surface area (Å²) in [6.45, 7) is 7.64. The first-order chi connectivity index (χ1) is 11.2. The molecule has 0 aromatic heterocycles. The summed E-state index contributed by atoms with van der Waals surface area (Å²) in [5, 5.41) is 0. The minimum absolute atomic E-state index is 0.553. The van der Waals surface area contributed by atoms with Crippen molar-refractivity contribution in [1.82, 2.24) is 0 Å². The fourth-order valence-corrected chi connectivity index (χ4v) is 4.32. The van der Waals surface area contributed by atoms with Crippen LogP contribution in [-0.2, 0) is 12.8 Å². The molecule has 0 radical (unpaired) electrons. The van der Waals surface area contributed by atoms with Crippen molar-refractivity contribution >= 4 is 0 Å². The van der Waals surface area contributed by atoms with E-state index >= 15 is 0 Å². The Morgan fingerprint density at radius 1 is 1.09 bits per heavy atom. The van der Waals surface area contributed by atoms with Gasteiger partial charge in [0.1, 0.15) is 0 Å². The van der Waals surface area contributed by atoms with Crippen molar-refractivity contribution in [3.63, 3.8) is 0 Å². The zero-order valence-electron chi connectivity index (χ0n) is 15.7. The Balaban J connectivity index is 2.03. The van der Waals surface area contributed by atoms with Crippen LogP contribution < -0.4 is 5.73 Å². The van der Waals surface area contributed by atoms with Gasteiger partial charge in [-0.05, 0) is 73.2 Å². The minimum Gasteiger partial charge on any atom is -0.330 e. The minimum atomic E-state index is 0.553. The van der Waals surface area contributed by atoms with E-state index in [0.717, 1.165) is 12.5 Å². The summed E-state index contributed by atoms with van der Waals surface area (Å²) in [5.74, 6) is 1.47. The molecule has 0 fully saturated rings. The Morgan fingerprint density at radius 2 is 1.91 bits per heavy atom. The number of hydrogen-bond acceptors (Lipinski definition) is 1. The predicted octanol–water partition coefficient (Wildman–Crippen LogP) is 5.91. The highest BCUT2D eigenvalue weighted by Gasteiger charge is 2.21. The molecule has 1 heteroatoms. The summed E-state index contributed by atoms with van der Waals surface area (Å²) in [4.78, 5) is 0. The first-order valence-corrected chi connectivity index (χ1v) is 10.0. The third-order valence-corrected chi connectivity index (χ3v) is 5.75. The Hall–Kier alpha value is -0.820. The molecule has 1 unspecified atom stereocenters. The van der Waals surface area contributed by atoms with Crippen molar-refractivity contribution in [2.75, 3.05) is 6.54 Å². The molecule has 1 nitrogen and oxygen atoms in total. The highest BCUT2D eigenvalue weighted by molar-refractivity contribution is 5.41. The van der Waals surface area contributed by atoms with Crippen LogP contribution in [-0.4, -0.2) is 6.54 Å². The van der Waals surface area contributed by atoms with Gasteiger partial charge in [0.15, 0.2) is 0 Å². The normalized spacial score (nSPS) is 18.7. The molecule has 1 aliphatic rings. The average Bonchev–Trinajstić information content (AvgIpc) is 2.56. The maximum absolute atomic E-state index is 6.04. The molecule has 23 heavy (non-hydrogen) atoms. The number of nitrogens with two attached hydrogens (primary N) is 1. The van der Waals surface area contributed by atoms with Gasteiger partial charge in [0.2, 0.25) is 0 Å². The summed E-state index contributed by atoms with van der Waals surface area (Å²) in [6, 6.07) is 4.99. The molecule has 2 rings (SSSR count). The van der Waals surface area contributed by atoms with Gasteiger partial charge in [-0.3, -0.25) is 0 Å². The lowest BCUT2D eigenvalue weighted by atomic mass is 9.78. The third-order valence-electron chi connectivity index (χ3n) is 5.75. The molecule has 2 atom stereocenters. The van der Waals surface area contributed by atoms with E-state index in [-0.39, 0.29) is 0 Å². The van der Waals surface area contributed by atoms with Gasteiger partial charge in [0.25, 0.3) is 0 Å². The lowest BCUT2D eigenvalue weighted by Gasteiger charge is -2.27. The monoisotopic (exact) mass is 315 g/mol. The number of hydrogen-bond donors (Lipinski definition) is 1. The molecule has 1 aromatic carbocycles. The second kappa shape index (κ2) is 9.47. The van der Waals surface area contributed by atoms with Crippen LogP contribution in [0.2, 0.25) is 0 Å². The number of rotatable bonds is 9. The molecule has 1 aromatic rings. The van der Waals surface area contributed by atoms with Crippen molar-refractivity contribution in [3.05, 3.63) is 34.4 Å². The number of aryl methyl sites for hydroxylation is 2. The van der Waals surface area contributed by atoms with E-state index in [0.29, 0.717) is 5.92 Å². The maximum Gasteiger partial charge on any atom is -0.000814 e. The van der Waals surface area contributed by atoms with Gasteiger partial charge >= 0.3 is 0 Å². The number of fused-ring (bicyclic) bond motifs is 1. The maximum atomic E-state index is 6.04. The molecular formula is C22H37N. The topological polar surface area (TPSA) is 26.0 Å². The highest BCUT2D eigenvalue weighted by Crippen LogP contribution is 2.33. The molecule has 1 aliphatic carbocycles. The Bertz CT molecular complexity index is 477. The predicted molar refractivity (Wildman–Crippen MR) is 102 cm³/mol. The van der Waals surface area contributed by atoms with Crippen LogP contribution in [0.4, 0.5) is 0 Å². The smallest absolute Gasteiger partial charge is 0.000814 e. The standard InChI is InChI=1S/C22H37N/c1-4-6-7-8-10-18-11-12-19-15-22(20(16-23)9-5-2)17(3)13-21(19)14-18/h13,15,18,20H,4-12,14,16,23H2,1-3H3/t18-,20?/m0/s1. The van der Waals surface area contributed by atoms with Crippen LogP contribution in [0.15, 0.2) is 12.1 Å². The summed E-state index contributed by atoms with van der Waals surface area (Å²) in [7, 11) is 0. The van der Waals surface area contributed by atoms with Crippen LogP contribution in [0.25, 0.3) is 0 Å². The van der Waals surface area contributed by atoms with Gasteiger partial charge in [-0.15, -0.1) is 0 Å². The van der Waals surface area contributed by atoms with E-state index < -0.39 is 0 Å². The largest absolute Gasteiger partial charge is 0.330 e. The van der Waals surface area contributed by atoms with E-state index in [2.05, 4.69) is 32.9 Å². The molecule has 2 N–H and O–H groups in total. The summed E-state index contributed by atoms with van der Waals surface area (Å²) in [6.07, 6.45) is 13.5. The average molecular weight is 316 g/mol. The zero-order valence-corrected chi connectivity index (χ0v) is 15.7. The molecule has 130 valence electrons. The van der Waals surface area contributed by atoms with Crippen LogP contribution in [0, 0.1) is 12.8 Å². The first kappa shape index (κ1) is 18.5. The van der Waals surface area contributed by atoms with Gasteiger partial charge in [-0.2, -0.15) is 0 Å². The molecular weight excluding hydrogens is 278 g/mol. The van der Waals surface area contributed by atoms with Gasteiger partial charge in [-0.1, -0.05) is 64.5 Å². The van der Waals surface area contributed by atoms with Gasteiger partial charge in [0, 0.05) is 0 Å². The summed E-state index contributed by atoms with van der Waals surface area (Å²) < 4.78 is 0.